The molecule has 42 heavy (non-hydrogen) atoms. The molecule has 3 aromatic rings. The number of rotatable bonds is 15. The number of ether oxygens (including phenoxy) is 1. The first kappa shape index (κ1) is 33.4. The van der Waals surface area contributed by atoms with Crippen LogP contribution in [0.25, 0.3) is 0 Å². The molecule has 0 spiro atoms. The van der Waals surface area contributed by atoms with E-state index in [1.165, 1.54) is 36.4 Å². The van der Waals surface area contributed by atoms with Crippen molar-refractivity contribution in [2.45, 2.75) is 35.5 Å². The molecule has 226 valence electrons. The largest absolute Gasteiger partial charge is 0.368 e. The van der Waals surface area contributed by atoms with Crippen molar-refractivity contribution in [1.29, 1.82) is 0 Å². The lowest BCUT2D eigenvalue weighted by Crippen LogP contribution is -2.43. The number of aryl methyl sites for hydroxylation is 3. The van der Waals surface area contributed by atoms with E-state index >= 15 is 0 Å². The van der Waals surface area contributed by atoms with E-state index in [4.69, 9.17) is 23.7 Å². The van der Waals surface area contributed by atoms with Gasteiger partial charge < -0.3 is 4.74 Å². The molecule has 0 saturated heterocycles. The summed E-state index contributed by atoms with van der Waals surface area (Å²) in [6.07, 6.45) is 5.30. The Hall–Kier alpha value is -3.09. The smallest absolute Gasteiger partial charge is 0.296 e. The predicted octanol–water partition coefficient (Wildman–Crippen LogP) is 3.76. The van der Waals surface area contributed by atoms with Crippen molar-refractivity contribution < 1.29 is 42.5 Å². The standard InChI is InChI=1S/C29H32O10S3/c1-5-18-36-19-29(20-37-40(30,31)26-12-6-23(2)7-13-26,21-38-41(32,33)27-14-8-24(3)9-15-27)22-39-42(34,35)28-16-10-25(4)11-17-28/h1,6-17H,18-22H2,2-4H3. The molecule has 0 saturated carbocycles. The van der Waals surface area contributed by atoms with E-state index in [-0.39, 0.29) is 21.3 Å². The van der Waals surface area contributed by atoms with Crippen molar-refractivity contribution >= 4 is 30.4 Å². The molecule has 0 aromatic heterocycles. The van der Waals surface area contributed by atoms with Crippen LogP contribution in [-0.2, 0) is 47.6 Å². The van der Waals surface area contributed by atoms with Gasteiger partial charge in [0, 0.05) is 0 Å². The number of hydrogen-bond acceptors (Lipinski definition) is 10. The van der Waals surface area contributed by atoms with Gasteiger partial charge >= 0.3 is 0 Å². The van der Waals surface area contributed by atoms with Crippen molar-refractivity contribution in [3.05, 3.63) is 89.5 Å². The topological polar surface area (TPSA) is 139 Å². The zero-order valence-electron chi connectivity index (χ0n) is 23.3. The van der Waals surface area contributed by atoms with Crippen molar-refractivity contribution in [3.63, 3.8) is 0 Å². The highest BCUT2D eigenvalue weighted by atomic mass is 32.2. The molecular formula is C29H32O10S3. The van der Waals surface area contributed by atoms with Crippen LogP contribution < -0.4 is 0 Å². The highest BCUT2D eigenvalue weighted by Crippen LogP contribution is 2.28. The Morgan fingerprint density at radius 3 is 1.10 bits per heavy atom. The van der Waals surface area contributed by atoms with Crippen molar-refractivity contribution in [1.82, 2.24) is 0 Å². The van der Waals surface area contributed by atoms with E-state index in [1.54, 1.807) is 57.2 Å². The summed E-state index contributed by atoms with van der Waals surface area (Å²) in [5, 5.41) is 0. The Bertz CT molecular complexity index is 1510. The maximum absolute atomic E-state index is 13.0. The maximum Gasteiger partial charge on any atom is 0.296 e. The molecule has 0 N–H and O–H groups in total. The minimum Gasteiger partial charge on any atom is -0.368 e. The van der Waals surface area contributed by atoms with Gasteiger partial charge in [-0.15, -0.1) is 6.42 Å². The lowest BCUT2D eigenvalue weighted by molar-refractivity contribution is -0.0287. The molecule has 10 nitrogen and oxygen atoms in total. The summed E-state index contributed by atoms with van der Waals surface area (Å²) in [6.45, 7) is 2.34. The first-order valence-electron chi connectivity index (χ1n) is 12.6. The summed E-state index contributed by atoms with van der Waals surface area (Å²) in [5.74, 6) is 2.25. The molecule has 3 rings (SSSR count). The molecule has 0 aliphatic rings. The highest BCUT2D eigenvalue weighted by molar-refractivity contribution is 7.87. The van der Waals surface area contributed by atoms with E-state index in [1.807, 2.05) is 0 Å². The van der Waals surface area contributed by atoms with Gasteiger partial charge in [-0.25, -0.2) is 0 Å². The minimum absolute atomic E-state index is 0.159. The average molecular weight is 637 g/mol. The summed E-state index contributed by atoms with van der Waals surface area (Å²) < 4.78 is 99.5. The fourth-order valence-electron chi connectivity index (χ4n) is 3.50. The van der Waals surface area contributed by atoms with Gasteiger partial charge in [0.05, 0.1) is 46.5 Å². The quantitative estimate of drug-likeness (QED) is 0.138. The van der Waals surface area contributed by atoms with Crippen LogP contribution in [0.3, 0.4) is 0 Å². The zero-order chi connectivity index (χ0) is 31.0. The molecule has 0 unspecified atom stereocenters. The predicted molar refractivity (Wildman–Crippen MR) is 155 cm³/mol. The van der Waals surface area contributed by atoms with Crippen molar-refractivity contribution in [2.75, 3.05) is 33.0 Å². The summed E-state index contributed by atoms with van der Waals surface area (Å²) in [5.41, 5.74) is 0.672. The molecule has 0 heterocycles. The number of benzene rings is 3. The van der Waals surface area contributed by atoms with Crippen LogP contribution in [0.15, 0.2) is 87.5 Å². The maximum atomic E-state index is 13.0. The molecule has 0 bridgehead atoms. The third-order valence-corrected chi connectivity index (χ3v) is 9.92. The first-order chi connectivity index (χ1) is 19.7. The van der Waals surface area contributed by atoms with Crippen LogP contribution >= 0.6 is 0 Å². The van der Waals surface area contributed by atoms with Gasteiger partial charge in [-0.1, -0.05) is 59.0 Å². The Morgan fingerprint density at radius 1 is 0.548 bits per heavy atom. The molecule has 0 amide bonds. The molecule has 0 aliphatic heterocycles. The van der Waals surface area contributed by atoms with E-state index in [0.717, 1.165) is 16.7 Å². The molecule has 3 aromatic carbocycles. The monoisotopic (exact) mass is 636 g/mol. The first-order valence-corrected chi connectivity index (χ1v) is 16.8. The second-order valence-corrected chi connectivity index (χ2v) is 14.6. The van der Waals surface area contributed by atoms with Crippen LogP contribution in [0.1, 0.15) is 16.7 Å². The Kier molecular flexibility index (Phi) is 11.1. The minimum atomic E-state index is -4.37. The molecule has 13 heteroatoms. The van der Waals surface area contributed by atoms with Crippen LogP contribution in [-0.4, -0.2) is 58.3 Å². The average Bonchev–Trinajstić information content (AvgIpc) is 2.94. The molecular weight excluding hydrogens is 605 g/mol. The summed E-state index contributed by atoms with van der Waals surface area (Å²) in [7, 11) is -13.1. The van der Waals surface area contributed by atoms with Crippen molar-refractivity contribution in [2.24, 2.45) is 5.41 Å². The second kappa shape index (κ2) is 13.9. The Balaban J connectivity index is 1.96. The Labute approximate surface area is 248 Å². The van der Waals surface area contributed by atoms with Gasteiger partial charge in [0.15, 0.2) is 0 Å². The summed E-state index contributed by atoms with van der Waals surface area (Å²) in [6, 6.07) is 17.5. The zero-order valence-corrected chi connectivity index (χ0v) is 25.8. The lowest BCUT2D eigenvalue weighted by Gasteiger charge is -2.31. The van der Waals surface area contributed by atoms with Gasteiger partial charge in [-0.2, -0.15) is 25.3 Å². The Morgan fingerprint density at radius 2 is 0.833 bits per heavy atom. The number of terminal acetylenes is 1. The fraction of sp³-hybridized carbons (Fsp3) is 0.310. The van der Waals surface area contributed by atoms with E-state index < -0.39 is 62.2 Å². The van der Waals surface area contributed by atoms with Crippen molar-refractivity contribution in [3.8, 4) is 12.3 Å². The third-order valence-electron chi connectivity index (χ3n) is 6.08. The van der Waals surface area contributed by atoms with E-state index in [0.29, 0.717) is 0 Å². The molecule has 0 aliphatic carbocycles. The third kappa shape index (κ3) is 9.20. The van der Waals surface area contributed by atoms with Crippen LogP contribution in [0, 0.1) is 38.5 Å². The van der Waals surface area contributed by atoms with Crippen LogP contribution in [0.2, 0.25) is 0 Å². The molecule has 0 radical (unpaired) electrons. The van der Waals surface area contributed by atoms with Crippen LogP contribution in [0.5, 0.6) is 0 Å². The van der Waals surface area contributed by atoms with E-state index in [9.17, 15) is 25.3 Å². The fourth-order valence-corrected chi connectivity index (χ4v) is 6.54. The van der Waals surface area contributed by atoms with Gasteiger partial charge in [0.2, 0.25) is 0 Å². The normalized spacial score (nSPS) is 12.6. The SMILES string of the molecule is C#CCOCC(COS(=O)(=O)c1ccc(C)cc1)(COS(=O)(=O)c1ccc(C)cc1)COS(=O)(=O)c1ccc(C)cc1. The van der Waals surface area contributed by atoms with Crippen LogP contribution in [0.4, 0.5) is 0 Å². The van der Waals surface area contributed by atoms with E-state index in [2.05, 4.69) is 5.92 Å². The van der Waals surface area contributed by atoms with Gasteiger partial charge in [0.1, 0.15) is 6.61 Å². The second-order valence-electron chi connectivity index (χ2n) is 9.79. The van der Waals surface area contributed by atoms with Gasteiger partial charge in [-0.3, -0.25) is 12.5 Å². The van der Waals surface area contributed by atoms with Gasteiger partial charge in [0.25, 0.3) is 30.4 Å². The van der Waals surface area contributed by atoms with Gasteiger partial charge in [-0.05, 0) is 57.2 Å². The molecule has 0 atom stereocenters. The number of hydrogen-bond donors (Lipinski definition) is 0. The summed E-state index contributed by atoms with van der Waals surface area (Å²) in [4.78, 5) is -0.478. The highest BCUT2D eigenvalue weighted by Gasteiger charge is 2.39. The lowest BCUT2D eigenvalue weighted by atomic mass is 9.93. The molecule has 0 fully saturated rings. The summed E-state index contributed by atoms with van der Waals surface area (Å²) >= 11 is 0.